The van der Waals surface area contributed by atoms with Crippen LogP contribution in [0.4, 0.5) is 0 Å². The van der Waals surface area contributed by atoms with Crippen LogP contribution < -0.4 is 0 Å². The molecule has 1 aromatic heterocycles. The molecule has 0 saturated carbocycles. The number of rotatable bonds is 4. The summed E-state index contributed by atoms with van der Waals surface area (Å²) in [6.07, 6.45) is 4.21. The van der Waals surface area contributed by atoms with Gasteiger partial charge >= 0.3 is 0 Å². The Kier molecular flexibility index (Phi) is 4.14. The van der Waals surface area contributed by atoms with Gasteiger partial charge in [0.25, 0.3) is 0 Å². The molecule has 0 amide bonds. The molecule has 0 radical (unpaired) electrons. The topological polar surface area (TPSA) is 41.3 Å². The van der Waals surface area contributed by atoms with Crippen LogP contribution in [0.1, 0.15) is 18.5 Å². The van der Waals surface area contributed by atoms with Gasteiger partial charge in [0.15, 0.2) is 0 Å². The Labute approximate surface area is 119 Å². The normalized spacial score (nSPS) is 17.4. The summed E-state index contributed by atoms with van der Waals surface area (Å²) in [6, 6.07) is 12.3. The Bertz CT molecular complexity index is 530. The highest BCUT2D eigenvalue weighted by atomic mass is 16.3. The van der Waals surface area contributed by atoms with E-state index in [1.807, 2.05) is 29.1 Å². The second-order valence-electron chi connectivity index (χ2n) is 5.49. The van der Waals surface area contributed by atoms with E-state index >= 15 is 0 Å². The Morgan fingerprint density at radius 2 is 1.85 bits per heavy atom. The van der Waals surface area contributed by atoms with Crippen LogP contribution in [-0.2, 0) is 6.54 Å². The molecule has 20 heavy (non-hydrogen) atoms. The monoisotopic (exact) mass is 271 g/mol. The zero-order valence-electron chi connectivity index (χ0n) is 11.7. The predicted octanol–water partition coefficient (Wildman–Crippen LogP) is 2.08. The van der Waals surface area contributed by atoms with Gasteiger partial charge in [-0.3, -0.25) is 4.90 Å². The molecule has 106 valence electrons. The average Bonchev–Trinajstić information content (AvgIpc) is 2.97. The number of piperidine rings is 1. The number of aromatic nitrogens is 2. The van der Waals surface area contributed by atoms with E-state index in [1.54, 1.807) is 0 Å². The Morgan fingerprint density at radius 1 is 1.10 bits per heavy atom. The van der Waals surface area contributed by atoms with Gasteiger partial charge in [-0.25, -0.2) is 4.68 Å². The van der Waals surface area contributed by atoms with Crippen LogP contribution in [0.15, 0.2) is 42.6 Å². The maximum atomic E-state index is 9.16. The van der Waals surface area contributed by atoms with E-state index in [2.05, 4.69) is 28.2 Å². The van der Waals surface area contributed by atoms with Crippen molar-refractivity contribution in [3.63, 3.8) is 0 Å². The molecule has 0 spiro atoms. The van der Waals surface area contributed by atoms with Gasteiger partial charge in [-0.1, -0.05) is 18.2 Å². The molecule has 4 nitrogen and oxygen atoms in total. The summed E-state index contributed by atoms with van der Waals surface area (Å²) in [6.45, 7) is 3.35. The maximum absolute atomic E-state index is 9.16. The molecule has 0 atom stereocenters. The number of hydrogen-bond acceptors (Lipinski definition) is 3. The van der Waals surface area contributed by atoms with Gasteiger partial charge in [0.2, 0.25) is 0 Å². The number of benzene rings is 1. The zero-order valence-corrected chi connectivity index (χ0v) is 11.7. The summed E-state index contributed by atoms with van der Waals surface area (Å²) >= 11 is 0. The summed E-state index contributed by atoms with van der Waals surface area (Å²) in [5.41, 5.74) is 2.20. The number of aliphatic hydroxyl groups is 1. The molecule has 1 aromatic carbocycles. The van der Waals surface area contributed by atoms with Crippen molar-refractivity contribution < 1.29 is 5.11 Å². The third kappa shape index (κ3) is 3.08. The van der Waals surface area contributed by atoms with Crippen LogP contribution in [0.2, 0.25) is 0 Å². The minimum Gasteiger partial charge on any atom is -0.396 e. The van der Waals surface area contributed by atoms with E-state index in [4.69, 9.17) is 5.11 Å². The molecule has 0 bridgehead atoms. The molecule has 2 heterocycles. The molecule has 1 fully saturated rings. The van der Waals surface area contributed by atoms with E-state index in [1.165, 1.54) is 0 Å². The fourth-order valence-corrected chi connectivity index (χ4v) is 2.73. The van der Waals surface area contributed by atoms with Crippen molar-refractivity contribution in [2.75, 3.05) is 19.7 Å². The molecule has 0 unspecified atom stereocenters. The highest BCUT2D eigenvalue weighted by Gasteiger charge is 2.19. The summed E-state index contributed by atoms with van der Waals surface area (Å²) in [4.78, 5) is 2.42. The van der Waals surface area contributed by atoms with Crippen molar-refractivity contribution in [3.8, 4) is 5.69 Å². The second kappa shape index (κ2) is 6.20. The smallest absolute Gasteiger partial charge is 0.0769 e. The third-order valence-corrected chi connectivity index (χ3v) is 4.02. The van der Waals surface area contributed by atoms with E-state index in [0.717, 1.165) is 43.9 Å². The second-order valence-corrected chi connectivity index (χ2v) is 5.49. The fourth-order valence-electron chi connectivity index (χ4n) is 2.73. The molecular weight excluding hydrogens is 250 g/mol. The van der Waals surface area contributed by atoms with Gasteiger partial charge in [-0.05, 0) is 50.0 Å². The third-order valence-electron chi connectivity index (χ3n) is 4.02. The van der Waals surface area contributed by atoms with Gasteiger partial charge < -0.3 is 5.11 Å². The SMILES string of the molecule is OCC1CCN(Cc2ccn(-c3ccccc3)n2)CC1. The standard InChI is InChI=1S/C16H21N3O/c20-13-14-6-9-18(10-7-14)12-15-8-11-19(17-15)16-4-2-1-3-5-16/h1-5,8,11,14,20H,6-7,9-10,12-13H2. The van der Waals surface area contributed by atoms with Gasteiger partial charge in [0, 0.05) is 19.3 Å². The van der Waals surface area contributed by atoms with Crippen molar-refractivity contribution >= 4 is 0 Å². The van der Waals surface area contributed by atoms with Crippen molar-refractivity contribution in [1.29, 1.82) is 0 Å². The minimum atomic E-state index is 0.330. The summed E-state index contributed by atoms with van der Waals surface area (Å²) < 4.78 is 1.93. The Hall–Kier alpha value is -1.65. The predicted molar refractivity (Wildman–Crippen MR) is 78.7 cm³/mol. The lowest BCUT2D eigenvalue weighted by Crippen LogP contribution is -2.34. The summed E-state index contributed by atoms with van der Waals surface area (Å²) in [7, 11) is 0. The molecule has 2 aromatic rings. The van der Waals surface area contributed by atoms with E-state index in [-0.39, 0.29) is 0 Å². The lowest BCUT2D eigenvalue weighted by atomic mass is 9.98. The largest absolute Gasteiger partial charge is 0.396 e. The van der Waals surface area contributed by atoms with Gasteiger partial charge in [-0.15, -0.1) is 0 Å². The van der Waals surface area contributed by atoms with Crippen LogP contribution in [0, 0.1) is 5.92 Å². The first-order chi connectivity index (χ1) is 9.85. The van der Waals surface area contributed by atoms with Crippen molar-refractivity contribution in [2.24, 2.45) is 5.92 Å². The molecule has 1 saturated heterocycles. The average molecular weight is 271 g/mol. The Balaban J connectivity index is 1.61. The first-order valence-corrected chi connectivity index (χ1v) is 7.28. The number of nitrogens with zero attached hydrogens (tertiary/aromatic N) is 3. The summed E-state index contributed by atoms with van der Waals surface area (Å²) in [5.74, 6) is 0.494. The number of para-hydroxylation sites is 1. The molecular formula is C16H21N3O. The summed E-state index contributed by atoms with van der Waals surface area (Å²) in [5, 5.41) is 13.8. The number of aliphatic hydroxyl groups excluding tert-OH is 1. The molecule has 1 N–H and O–H groups in total. The number of likely N-dealkylation sites (tertiary alicyclic amines) is 1. The number of hydrogen-bond donors (Lipinski definition) is 1. The molecule has 1 aliphatic heterocycles. The van der Waals surface area contributed by atoms with E-state index in [9.17, 15) is 0 Å². The van der Waals surface area contributed by atoms with Crippen LogP contribution in [-0.4, -0.2) is 39.5 Å². The van der Waals surface area contributed by atoms with Crippen LogP contribution >= 0.6 is 0 Å². The van der Waals surface area contributed by atoms with Gasteiger partial charge in [-0.2, -0.15) is 5.10 Å². The van der Waals surface area contributed by atoms with Crippen LogP contribution in [0.5, 0.6) is 0 Å². The van der Waals surface area contributed by atoms with Gasteiger partial charge in [0.1, 0.15) is 0 Å². The van der Waals surface area contributed by atoms with Crippen LogP contribution in [0.3, 0.4) is 0 Å². The van der Waals surface area contributed by atoms with E-state index in [0.29, 0.717) is 12.5 Å². The van der Waals surface area contributed by atoms with Crippen molar-refractivity contribution in [2.45, 2.75) is 19.4 Å². The Morgan fingerprint density at radius 3 is 2.55 bits per heavy atom. The molecule has 1 aliphatic rings. The van der Waals surface area contributed by atoms with Crippen LogP contribution in [0.25, 0.3) is 5.69 Å². The quantitative estimate of drug-likeness (QED) is 0.925. The molecule has 0 aliphatic carbocycles. The van der Waals surface area contributed by atoms with Crippen molar-refractivity contribution in [3.05, 3.63) is 48.3 Å². The first-order valence-electron chi connectivity index (χ1n) is 7.28. The zero-order chi connectivity index (χ0) is 13.8. The fraction of sp³-hybridized carbons (Fsp3) is 0.438. The van der Waals surface area contributed by atoms with Crippen molar-refractivity contribution in [1.82, 2.24) is 14.7 Å². The lowest BCUT2D eigenvalue weighted by Gasteiger charge is -2.30. The molecule has 3 rings (SSSR count). The maximum Gasteiger partial charge on any atom is 0.0769 e. The first kappa shape index (κ1) is 13.3. The van der Waals surface area contributed by atoms with Gasteiger partial charge in [0.05, 0.1) is 11.4 Å². The highest BCUT2D eigenvalue weighted by Crippen LogP contribution is 2.18. The molecule has 4 heteroatoms. The van der Waals surface area contributed by atoms with E-state index < -0.39 is 0 Å². The lowest BCUT2D eigenvalue weighted by molar-refractivity contribution is 0.126. The highest BCUT2D eigenvalue weighted by molar-refractivity contribution is 5.30. The minimum absolute atomic E-state index is 0.330.